The molecule has 0 amide bonds. The summed E-state index contributed by atoms with van der Waals surface area (Å²) in [7, 11) is 0. The van der Waals surface area contributed by atoms with Crippen molar-refractivity contribution in [2.24, 2.45) is 0 Å². The first-order chi connectivity index (χ1) is 38.4. The van der Waals surface area contributed by atoms with Gasteiger partial charge in [-0.3, -0.25) is 0 Å². The molecule has 0 N–H and O–H groups in total. The molecule has 0 saturated carbocycles. The van der Waals surface area contributed by atoms with E-state index in [1.54, 1.807) is 0 Å². The molecule has 0 radical (unpaired) electrons. The van der Waals surface area contributed by atoms with Crippen LogP contribution in [0.1, 0.15) is 25.0 Å². The van der Waals surface area contributed by atoms with E-state index in [4.69, 9.17) is 9.40 Å². The Kier molecular flexibility index (Phi) is 8.87. The number of hydrogen-bond acceptors (Lipinski definition) is 2. The van der Waals surface area contributed by atoms with Crippen LogP contribution in [0.5, 0.6) is 0 Å². The number of pyridine rings is 1. The third-order valence-corrected chi connectivity index (χ3v) is 17.3. The van der Waals surface area contributed by atoms with Gasteiger partial charge in [0, 0.05) is 38.0 Å². The third kappa shape index (κ3) is 6.14. The summed E-state index contributed by atoms with van der Waals surface area (Å²) < 4.78 is 11.1. The molecule has 78 heavy (non-hydrogen) atoms. The summed E-state index contributed by atoms with van der Waals surface area (Å²) in [5.41, 5.74) is 20.5. The summed E-state index contributed by atoms with van der Waals surface area (Å²) in [5, 5.41) is 15.0. The number of rotatable bonds is 6. The molecule has 0 spiro atoms. The molecule has 0 atom stereocenters. The van der Waals surface area contributed by atoms with E-state index in [1.165, 1.54) is 104 Å². The number of benzene rings is 12. The van der Waals surface area contributed by atoms with Gasteiger partial charge < -0.3 is 13.6 Å². The molecule has 4 heterocycles. The molecule has 16 aromatic rings. The fourth-order valence-electron chi connectivity index (χ4n) is 13.6. The van der Waals surface area contributed by atoms with Crippen molar-refractivity contribution in [1.29, 1.82) is 0 Å². The highest BCUT2D eigenvalue weighted by Crippen LogP contribution is 2.52. The van der Waals surface area contributed by atoms with Crippen molar-refractivity contribution in [1.82, 2.24) is 14.1 Å². The Balaban J connectivity index is 0.708. The fraction of sp³-hybridized carbons (Fsp3) is 0.0405. The first kappa shape index (κ1) is 43.2. The molecule has 4 nitrogen and oxygen atoms in total. The SMILES string of the molecule is CC1(C)c2cccc3c4ccc(-c5cccc(-c6cccc(-c7ccc(-c8ccc9c%10ccccc%10n(-c%10ccc%11oc%12ncc(-n%13c%14ccccc%14c%14ccccc%14%13)cc%12c%11c%10)c9c8)cc7)c6)c5)cc4c4cccc1c4c23. The van der Waals surface area contributed by atoms with Crippen LogP contribution in [-0.4, -0.2) is 14.1 Å². The van der Waals surface area contributed by atoms with Crippen molar-refractivity contribution in [3.63, 3.8) is 0 Å². The van der Waals surface area contributed by atoms with Crippen molar-refractivity contribution >= 4 is 98.0 Å². The molecular weight excluding hydrogens is 947 g/mol. The normalized spacial score (nSPS) is 13.1. The highest BCUT2D eigenvalue weighted by atomic mass is 16.3. The predicted octanol–water partition coefficient (Wildman–Crippen LogP) is 19.9. The smallest absolute Gasteiger partial charge is 0.227 e. The van der Waals surface area contributed by atoms with Gasteiger partial charge in [0.15, 0.2) is 0 Å². The van der Waals surface area contributed by atoms with Gasteiger partial charge in [-0.25, -0.2) is 4.98 Å². The third-order valence-electron chi connectivity index (χ3n) is 17.3. The number of aromatic nitrogens is 3. The Morgan fingerprint density at radius 2 is 0.756 bits per heavy atom. The summed E-state index contributed by atoms with van der Waals surface area (Å²) >= 11 is 0. The zero-order valence-corrected chi connectivity index (χ0v) is 42.9. The van der Waals surface area contributed by atoms with Crippen LogP contribution in [0, 0.1) is 0 Å². The molecule has 0 bridgehead atoms. The molecule has 0 fully saturated rings. The lowest BCUT2D eigenvalue weighted by atomic mass is 9.82. The van der Waals surface area contributed by atoms with Gasteiger partial charge in [-0.1, -0.05) is 190 Å². The Bertz CT molecular complexity index is 5190. The van der Waals surface area contributed by atoms with E-state index < -0.39 is 0 Å². The average molecular weight is 994 g/mol. The second kappa shape index (κ2) is 16.0. The van der Waals surface area contributed by atoms with Crippen LogP contribution < -0.4 is 0 Å². The van der Waals surface area contributed by atoms with E-state index in [0.717, 1.165) is 55.4 Å². The Labute approximate surface area is 449 Å². The Hall–Kier alpha value is -10.0. The Morgan fingerprint density at radius 1 is 0.308 bits per heavy atom. The minimum absolute atomic E-state index is 0.0241. The second-order valence-corrected chi connectivity index (χ2v) is 21.9. The van der Waals surface area contributed by atoms with E-state index in [1.807, 2.05) is 6.20 Å². The summed E-state index contributed by atoms with van der Waals surface area (Å²) in [4.78, 5) is 4.92. The first-order valence-corrected chi connectivity index (χ1v) is 27.0. The van der Waals surface area contributed by atoms with Crippen LogP contribution in [0.15, 0.2) is 253 Å². The average Bonchev–Trinajstić information content (AvgIpc) is 4.39. The number of fused-ring (bicyclic) bond motifs is 12. The van der Waals surface area contributed by atoms with Crippen molar-refractivity contribution in [2.75, 3.05) is 0 Å². The zero-order chi connectivity index (χ0) is 51.4. The molecule has 0 unspecified atom stereocenters. The summed E-state index contributed by atoms with van der Waals surface area (Å²) in [6, 6.07) is 89.5. The molecule has 364 valence electrons. The molecule has 4 heteroatoms. The van der Waals surface area contributed by atoms with Crippen LogP contribution in [0.2, 0.25) is 0 Å². The maximum atomic E-state index is 6.43. The van der Waals surface area contributed by atoms with Crippen molar-refractivity contribution in [2.45, 2.75) is 19.3 Å². The number of hydrogen-bond donors (Lipinski definition) is 0. The van der Waals surface area contributed by atoms with E-state index in [-0.39, 0.29) is 5.41 Å². The van der Waals surface area contributed by atoms with Crippen LogP contribution in [0.3, 0.4) is 0 Å². The highest BCUT2D eigenvalue weighted by molar-refractivity contribution is 6.29. The standard InChI is InChI=1S/C74H47N3O/c1-74(2)64-22-11-20-59-54-34-31-50(39-61(54)60-21-12-23-65(74)72(60)71(59)64)49-16-10-15-48(38-49)47-14-9-13-46(37-47)44-27-29-45(30-28-44)51-32-35-58-57-19-5-6-24-66(57)76(69(58)40-51)52-33-36-70-62(41-52)63-42-53(43-75-73(63)78-70)77-67-25-7-3-17-55(67)56-18-4-8-26-68(56)77/h3-43H,1-2H3. The van der Waals surface area contributed by atoms with Gasteiger partial charge in [-0.2, -0.15) is 0 Å². The molecule has 0 aliphatic heterocycles. The van der Waals surface area contributed by atoms with E-state index in [9.17, 15) is 0 Å². The monoisotopic (exact) mass is 993 g/mol. The van der Waals surface area contributed by atoms with E-state index in [0.29, 0.717) is 5.71 Å². The topological polar surface area (TPSA) is 35.9 Å². The fourth-order valence-corrected chi connectivity index (χ4v) is 13.6. The maximum absolute atomic E-state index is 6.43. The van der Waals surface area contributed by atoms with Gasteiger partial charge in [0.1, 0.15) is 5.58 Å². The minimum atomic E-state index is -0.0241. The minimum Gasteiger partial charge on any atom is -0.438 e. The Morgan fingerprint density at radius 3 is 1.36 bits per heavy atom. The molecule has 1 aliphatic rings. The van der Waals surface area contributed by atoms with Gasteiger partial charge in [-0.15, -0.1) is 0 Å². The highest BCUT2D eigenvalue weighted by Gasteiger charge is 2.34. The number of nitrogens with zero attached hydrogens (tertiary/aromatic N) is 3. The lowest BCUT2D eigenvalue weighted by Gasteiger charge is -2.21. The summed E-state index contributed by atoms with van der Waals surface area (Å²) in [5.74, 6) is 0. The van der Waals surface area contributed by atoms with Gasteiger partial charge in [0.2, 0.25) is 5.71 Å². The van der Waals surface area contributed by atoms with Gasteiger partial charge in [-0.05, 0) is 155 Å². The molecular formula is C74H47N3O. The lowest BCUT2D eigenvalue weighted by Crippen LogP contribution is -2.14. The van der Waals surface area contributed by atoms with Crippen LogP contribution in [0.25, 0.3) is 154 Å². The maximum Gasteiger partial charge on any atom is 0.227 e. The van der Waals surface area contributed by atoms with E-state index in [2.05, 4.69) is 266 Å². The van der Waals surface area contributed by atoms with E-state index >= 15 is 0 Å². The molecule has 1 aliphatic carbocycles. The van der Waals surface area contributed by atoms with Crippen molar-refractivity contribution in [3.8, 4) is 55.9 Å². The second-order valence-electron chi connectivity index (χ2n) is 21.9. The molecule has 0 saturated heterocycles. The van der Waals surface area contributed by atoms with Gasteiger partial charge >= 0.3 is 0 Å². The van der Waals surface area contributed by atoms with Crippen LogP contribution in [-0.2, 0) is 5.41 Å². The predicted molar refractivity (Wildman–Crippen MR) is 327 cm³/mol. The van der Waals surface area contributed by atoms with Crippen molar-refractivity contribution in [3.05, 3.63) is 260 Å². The van der Waals surface area contributed by atoms with Crippen molar-refractivity contribution < 1.29 is 4.42 Å². The van der Waals surface area contributed by atoms with Crippen LogP contribution >= 0.6 is 0 Å². The zero-order valence-electron chi connectivity index (χ0n) is 42.9. The number of para-hydroxylation sites is 3. The largest absolute Gasteiger partial charge is 0.438 e. The van der Waals surface area contributed by atoms with Gasteiger partial charge in [0.05, 0.1) is 39.3 Å². The van der Waals surface area contributed by atoms with Gasteiger partial charge in [0.25, 0.3) is 0 Å². The quantitative estimate of drug-likeness (QED) is 0.156. The summed E-state index contributed by atoms with van der Waals surface area (Å²) in [6.45, 7) is 4.74. The number of furan rings is 1. The summed E-state index contributed by atoms with van der Waals surface area (Å²) in [6.07, 6.45) is 1.93. The molecule has 4 aromatic heterocycles. The molecule has 17 rings (SSSR count). The van der Waals surface area contributed by atoms with Crippen LogP contribution in [0.4, 0.5) is 0 Å². The first-order valence-electron chi connectivity index (χ1n) is 27.0. The lowest BCUT2D eigenvalue weighted by molar-refractivity contribution is 0.654. The molecule has 12 aromatic carbocycles.